The van der Waals surface area contributed by atoms with Gasteiger partial charge in [-0.2, -0.15) is 4.98 Å². The second-order valence-corrected chi connectivity index (χ2v) is 3.60. The summed E-state index contributed by atoms with van der Waals surface area (Å²) in [7, 11) is 0. The zero-order chi connectivity index (χ0) is 9.31. The molecule has 0 atom stereocenters. The monoisotopic (exact) mass is 179 g/mol. The molecule has 1 aliphatic rings. The van der Waals surface area contributed by atoms with Crippen LogP contribution in [-0.2, 0) is 0 Å². The van der Waals surface area contributed by atoms with E-state index in [-0.39, 0.29) is 5.54 Å². The molecule has 1 saturated carbocycles. The van der Waals surface area contributed by atoms with Crippen LogP contribution < -0.4 is 16.6 Å². The molecule has 4 N–H and O–H groups in total. The summed E-state index contributed by atoms with van der Waals surface area (Å²) in [6.45, 7) is 2.17. The van der Waals surface area contributed by atoms with Crippen molar-refractivity contribution in [1.29, 1.82) is 0 Å². The number of nitrogens with one attached hydrogen (secondary N) is 2. The molecule has 13 heavy (non-hydrogen) atoms. The second kappa shape index (κ2) is 2.85. The van der Waals surface area contributed by atoms with Crippen LogP contribution in [-0.4, -0.2) is 15.5 Å². The minimum absolute atomic E-state index is 0.236. The van der Waals surface area contributed by atoms with Crippen LogP contribution in [0.15, 0.2) is 12.3 Å². The third-order valence-electron chi connectivity index (χ3n) is 2.21. The minimum atomic E-state index is 0.236. The average molecular weight is 179 g/mol. The second-order valence-electron chi connectivity index (χ2n) is 3.60. The molecule has 2 rings (SSSR count). The summed E-state index contributed by atoms with van der Waals surface area (Å²) in [6, 6.07) is 1.84. The Morgan fingerprint density at radius 2 is 2.31 bits per heavy atom. The molecule has 0 amide bonds. The highest BCUT2D eigenvalue weighted by Crippen LogP contribution is 2.37. The van der Waals surface area contributed by atoms with E-state index in [0.717, 1.165) is 5.82 Å². The van der Waals surface area contributed by atoms with Gasteiger partial charge in [0.25, 0.3) is 0 Å². The number of anilines is 2. The molecule has 1 aromatic heterocycles. The van der Waals surface area contributed by atoms with Crippen LogP contribution in [0.3, 0.4) is 0 Å². The molecule has 0 aliphatic heterocycles. The number of hydrogen-bond donors (Lipinski definition) is 3. The first-order valence-corrected chi connectivity index (χ1v) is 4.30. The molecule has 0 aromatic carbocycles. The predicted octanol–water partition coefficient (Wildman–Crippen LogP) is 0.727. The summed E-state index contributed by atoms with van der Waals surface area (Å²) in [4.78, 5) is 8.08. The molecular formula is C8H13N5. The molecular weight excluding hydrogens is 166 g/mol. The Morgan fingerprint density at radius 3 is 2.92 bits per heavy atom. The van der Waals surface area contributed by atoms with Crippen LogP contribution in [0, 0.1) is 0 Å². The van der Waals surface area contributed by atoms with Gasteiger partial charge in [0.1, 0.15) is 5.82 Å². The van der Waals surface area contributed by atoms with Gasteiger partial charge in [0.05, 0.1) is 0 Å². The van der Waals surface area contributed by atoms with Gasteiger partial charge < -0.3 is 5.32 Å². The molecule has 1 fully saturated rings. The molecule has 1 aliphatic carbocycles. The van der Waals surface area contributed by atoms with Crippen molar-refractivity contribution >= 4 is 11.8 Å². The van der Waals surface area contributed by atoms with Crippen LogP contribution in [0.4, 0.5) is 11.8 Å². The molecule has 5 nitrogen and oxygen atoms in total. The van der Waals surface area contributed by atoms with Crippen molar-refractivity contribution in [2.45, 2.75) is 25.3 Å². The van der Waals surface area contributed by atoms with Gasteiger partial charge in [0.2, 0.25) is 5.95 Å². The molecule has 0 radical (unpaired) electrons. The Labute approximate surface area is 76.7 Å². The first kappa shape index (κ1) is 8.25. The lowest BCUT2D eigenvalue weighted by Crippen LogP contribution is -2.18. The van der Waals surface area contributed by atoms with E-state index in [1.807, 2.05) is 6.07 Å². The van der Waals surface area contributed by atoms with Gasteiger partial charge in [0.15, 0.2) is 0 Å². The van der Waals surface area contributed by atoms with Crippen LogP contribution in [0.5, 0.6) is 0 Å². The first-order chi connectivity index (χ1) is 6.22. The smallest absolute Gasteiger partial charge is 0.239 e. The number of nitrogen functional groups attached to an aromatic ring is 1. The van der Waals surface area contributed by atoms with Crippen LogP contribution in [0.1, 0.15) is 19.8 Å². The maximum Gasteiger partial charge on any atom is 0.239 e. The third-order valence-corrected chi connectivity index (χ3v) is 2.21. The number of rotatable bonds is 3. The van der Waals surface area contributed by atoms with Crippen LogP contribution >= 0.6 is 0 Å². The Kier molecular flexibility index (Phi) is 1.81. The van der Waals surface area contributed by atoms with Crippen LogP contribution in [0.25, 0.3) is 0 Å². The lowest BCUT2D eigenvalue weighted by Gasteiger charge is -2.11. The van der Waals surface area contributed by atoms with E-state index in [9.17, 15) is 0 Å². The standard InChI is InChI=1S/C8H13N5/c1-8(3-4-8)12-6-2-5-10-7(11-6)13-9/h2,5H,3-4,9H2,1H3,(H2,10,11,12,13). The first-order valence-electron chi connectivity index (χ1n) is 4.30. The zero-order valence-corrected chi connectivity index (χ0v) is 7.54. The van der Waals surface area contributed by atoms with Gasteiger partial charge in [-0.25, -0.2) is 10.8 Å². The Hall–Kier alpha value is -1.36. The summed E-state index contributed by atoms with van der Waals surface area (Å²) < 4.78 is 0. The molecule has 0 saturated heterocycles. The van der Waals surface area contributed by atoms with Crippen molar-refractivity contribution in [3.8, 4) is 0 Å². The Morgan fingerprint density at radius 1 is 1.54 bits per heavy atom. The normalized spacial score (nSPS) is 18.0. The Bertz CT molecular complexity index is 307. The number of nitrogens with two attached hydrogens (primary N) is 1. The van der Waals surface area contributed by atoms with E-state index < -0.39 is 0 Å². The van der Waals surface area contributed by atoms with Gasteiger partial charge in [-0.1, -0.05) is 0 Å². The van der Waals surface area contributed by atoms with E-state index in [1.165, 1.54) is 12.8 Å². The van der Waals surface area contributed by atoms with Crippen molar-refractivity contribution in [3.63, 3.8) is 0 Å². The summed E-state index contributed by atoms with van der Waals surface area (Å²) in [5.74, 6) is 6.46. The molecule has 1 heterocycles. The van der Waals surface area contributed by atoms with Crippen molar-refractivity contribution in [1.82, 2.24) is 9.97 Å². The number of hydrazine groups is 1. The maximum absolute atomic E-state index is 5.20. The van der Waals surface area contributed by atoms with Crippen molar-refractivity contribution in [2.75, 3.05) is 10.7 Å². The van der Waals surface area contributed by atoms with Crippen molar-refractivity contribution in [3.05, 3.63) is 12.3 Å². The van der Waals surface area contributed by atoms with Gasteiger partial charge in [0, 0.05) is 11.7 Å². The minimum Gasteiger partial charge on any atom is -0.365 e. The summed E-state index contributed by atoms with van der Waals surface area (Å²) in [5, 5.41) is 3.32. The highest BCUT2D eigenvalue weighted by Gasteiger charge is 2.37. The van der Waals surface area contributed by atoms with E-state index >= 15 is 0 Å². The van der Waals surface area contributed by atoms with E-state index in [2.05, 4.69) is 27.6 Å². The molecule has 5 heteroatoms. The average Bonchev–Trinajstić information content (AvgIpc) is 2.84. The Balaban J connectivity index is 2.11. The number of hydrogen-bond acceptors (Lipinski definition) is 5. The van der Waals surface area contributed by atoms with Gasteiger partial charge in [-0.3, -0.25) is 5.43 Å². The van der Waals surface area contributed by atoms with Crippen LogP contribution in [0.2, 0.25) is 0 Å². The fourth-order valence-corrected chi connectivity index (χ4v) is 1.12. The maximum atomic E-state index is 5.20. The SMILES string of the molecule is CC1(Nc2ccnc(NN)n2)CC1. The quantitative estimate of drug-likeness (QED) is 0.471. The number of aromatic nitrogens is 2. The molecule has 0 unspecified atom stereocenters. The van der Waals surface area contributed by atoms with E-state index in [1.54, 1.807) is 6.20 Å². The number of nitrogens with zero attached hydrogens (tertiary/aromatic N) is 2. The van der Waals surface area contributed by atoms with E-state index in [0.29, 0.717) is 5.95 Å². The highest BCUT2D eigenvalue weighted by atomic mass is 15.3. The van der Waals surface area contributed by atoms with Gasteiger partial charge >= 0.3 is 0 Å². The lowest BCUT2D eigenvalue weighted by atomic mass is 10.3. The molecule has 70 valence electrons. The lowest BCUT2D eigenvalue weighted by molar-refractivity contribution is 0.819. The van der Waals surface area contributed by atoms with Crippen molar-refractivity contribution < 1.29 is 0 Å². The molecule has 0 spiro atoms. The summed E-state index contributed by atoms with van der Waals surface area (Å²) in [6.07, 6.45) is 4.07. The van der Waals surface area contributed by atoms with Gasteiger partial charge in [-0.15, -0.1) is 0 Å². The predicted molar refractivity (Wildman–Crippen MR) is 51.1 cm³/mol. The highest BCUT2D eigenvalue weighted by molar-refractivity contribution is 5.42. The van der Waals surface area contributed by atoms with Gasteiger partial charge in [-0.05, 0) is 25.8 Å². The molecule has 1 aromatic rings. The topological polar surface area (TPSA) is 75.9 Å². The third kappa shape index (κ3) is 1.86. The molecule has 0 bridgehead atoms. The fraction of sp³-hybridized carbons (Fsp3) is 0.500. The summed E-state index contributed by atoms with van der Waals surface area (Å²) in [5.41, 5.74) is 2.65. The zero-order valence-electron chi connectivity index (χ0n) is 7.54. The van der Waals surface area contributed by atoms with E-state index in [4.69, 9.17) is 5.84 Å². The van der Waals surface area contributed by atoms with Crippen molar-refractivity contribution in [2.24, 2.45) is 5.84 Å². The largest absolute Gasteiger partial charge is 0.365 e. The fourth-order valence-electron chi connectivity index (χ4n) is 1.12. The summed E-state index contributed by atoms with van der Waals surface area (Å²) >= 11 is 0.